The van der Waals surface area contributed by atoms with Gasteiger partial charge >= 0.3 is 11.6 Å². The van der Waals surface area contributed by atoms with Gasteiger partial charge in [-0.25, -0.2) is 9.59 Å². The Bertz CT molecular complexity index is 1160. The van der Waals surface area contributed by atoms with Crippen molar-refractivity contribution in [2.75, 3.05) is 0 Å². The number of carbonyl (C=O) groups is 2. The van der Waals surface area contributed by atoms with Gasteiger partial charge in [0.15, 0.2) is 0 Å². The number of hydrogen-bond donors (Lipinski definition) is 1. The van der Waals surface area contributed by atoms with Crippen molar-refractivity contribution in [2.24, 2.45) is 0 Å². The maximum Gasteiger partial charge on any atom is 0.349 e. The van der Waals surface area contributed by atoms with Crippen LogP contribution in [0.4, 0.5) is 0 Å². The fourth-order valence-corrected chi connectivity index (χ4v) is 2.80. The number of amides is 1. The van der Waals surface area contributed by atoms with Crippen molar-refractivity contribution in [1.29, 1.82) is 0 Å². The van der Waals surface area contributed by atoms with E-state index in [0.29, 0.717) is 10.4 Å². The third kappa shape index (κ3) is 4.78. The lowest BCUT2D eigenvalue weighted by Crippen LogP contribution is -2.34. The van der Waals surface area contributed by atoms with Gasteiger partial charge in [-0.2, -0.15) is 0 Å². The fourth-order valence-electron chi connectivity index (χ4n) is 2.51. The summed E-state index contributed by atoms with van der Waals surface area (Å²) in [6, 6.07) is 10.3. The highest BCUT2D eigenvalue weighted by molar-refractivity contribution is 6.42. The van der Waals surface area contributed by atoms with Crippen molar-refractivity contribution in [3.8, 4) is 5.75 Å². The van der Waals surface area contributed by atoms with Crippen LogP contribution in [0.15, 0.2) is 51.7 Å². The van der Waals surface area contributed by atoms with E-state index in [1.165, 1.54) is 36.4 Å². The minimum absolute atomic E-state index is 0.0687. The van der Waals surface area contributed by atoms with Crippen LogP contribution in [0.25, 0.3) is 11.0 Å². The lowest BCUT2D eigenvalue weighted by atomic mass is 10.1. The highest BCUT2D eigenvalue weighted by Gasteiger charge is 2.16. The van der Waals surface area contributed by atoms with Gasteiger partial charge in [-0.3, -0.25) is 4.79 Å². The summed E-state index contributed by atoms with van der Waals surface area (Å²) in [6.45, 7) is 3.77. The van der Waals surface area contributed by atoms with Gasteiger partial charge in [0.2, 0.25) is 0 Å². The van der Waals surface area contributed by atoms with Crippen molar-refractivity contribution < 1.29 is 18.7 Å². The Hall–Kier alpha value is -2.83. The Balaban J connectivity index is 1.85. The predicted molar refractivity (Wildman–Crippen MR) is 111 cm³/mol. The summed E-state index contributed by atoms with van der Waals surface area (Å²) in [5.41, 5.74) is -0.447. The van der Waals surface area contributed by atoms with E-state index in [1.54, 1.807) is 6.07 Å². The van der Waals surface area contributed by atoms with Crippen LogP contribution in [0, 0.1) is 0 Å². The second-order valence-electron chi connectivity index (χ2n) is 6.45. The molecule has 0 saturated carbocycles. The average molecular weight is 434 g/mol. The molecule has 2 aromatic carbocycles. The zero-order valence-electron chi connectivity index (χ0n) is 15.6. The monoisotopic (exact) mass is 433 g/mol. The van der Waals surface area contributed by atoms with Crippen molar-refractivity contribution in [2.45, 2.75) is 26.3 Å². The topological polar surface area (TPSA) is 85.6 Å². The summed E-state index contributed by atoms with van der Waals surface area (Å²) in [5.74, 6) is -0.964. The molecule has 3 aromatic rings. The molecular weight excluding hydrogens is 417 g/mol. The number of carbonyl (C=O) groups excluding carboxylic acids is 2. The fraction of sp³-hybridized carbons (Fsp3) is 0.190. The average Bonchev–Trinajstić information content (AvgIpc) is 2.69. The van der Waals surface area contributed by atoms with E-state index in [4.69, 9.17) is 32.4 Å². The number of esters is 1. The summed E-state index contributed by atoms with van der Waals surface area (Å²) >= 11 is 11.8. The van der Waals surface area contributed by atoms with E-state index >= 15 is 0 Å². The van der Waals surface area contributed by atoms with Crippen molar-refractivity contribution >= 4 is 46.0 Å². The molecule has 0 aliphatic heterocycles. The Morgan fingerprint density at radius 3 is 2.55 bits per heavy atom. The molecule has 1 aromatic heterocycles. The highest BCUT2D eigenvalue weighted by atomic mass is 35.5. The molecule has 0 spiro atoms. The molecule has 8 heteroatoms. The molecule has 3 rings (SSSR count). The number of rotatable bonds is 5. The molecule has 0 saturated heterocycles. The Morgan fingerprint density at radius 2 is 1.86 bits per heavy atom. The van der Waals surface area contributed by atoms with E-state index in [9.17, 15) is 14.4 Å². The summed E-state index contributed by atoms with van der Waals surface area (Å²) < 4.78 is 10.6. The first-order valence-electron chi connectivity index (χ1n) is 8.84. The van der Waals surface area contributed by atoms with Gasteiger partial charge in [-0.1, -0.05) is 30.1 Å². The van der Waals surface area contributed by atoms with Crippen LogP contribution in [-0.4, -0.2) is 17.9 Å². The number of ether oxygens (including phenoxy) is 1. The van der Waals surface area contributed by atoms with Crippen LogP contribution in [0.2, 0.25) is 10.0 Å². The number of benzene rings is 2. The maximum absolute atomic E-state index is 12.3. The van der Waals surface area contributed by atoms with E-state index in [1.807, 2.05) is 13.8 Å². The molecule has 0 bridgehead atoms. The van der Waals surface area contributed by atoms with Crippen LogP contribution in [-0.2, 0) is 0 Å². The van der Waals surface area contributed by atoms with E-state index in [-0.39, 0.29) is 33.5 Å². The van der Waals surface area contributed by atoms with Crippen LogP contribution >= 0.6 is 23.2 Å². The summed E-state index contributed by atoms with van der Waals surface area (Å²) in [6.07, 6.45) is 0.734. The summed E-state index contributed by atoms with van der Waals surface area (Å²) in [5, 5.41) is 3.80. The quantitative estimate of drug-likeness (QED) is 0.353. The predicted octanol–water partition coefficient (Wildman–Crippen LogP) is 4.85. The zero-order valence-corrected chi connectivity index (χ0v) is 17.1. The minimum Gasteiger partial charge on any atom is -0.423 e. The lowest BCUT2D eigenvalue weighted by Gasteiger charge is -2.11. The first kappa shape index (κ1) is 20.9. The first-order chi connectivity index (χ1) is 13.8. The smallest absolute Gasteiger partial charge is 0.349 e. The van der Waals surface area contributed by atoms with Crippen molar-refractivity contribution in [1.82, 2.24) is 5.32 Å². The molecule has 1 N–H and O–H groups in total. The largest absolute Gasteiger partial charge is 0.423 e. The number of nitrogens with one attached hydrogen (secondary N) is 1. The number of hydrogen-bond acceptors (Lipinski definition) is 5. The Labute approximate surface area is 176 Å². The number of halogens is 2. The molecule has 1 amide bonds. The first-order valence-corrected chi connectivity index (χ1v) is 9.60. The molecular formula is C21H17Cl2NO5. The zero-order chi connectivity index (χ0) is 21.1. The molecule has 0 radical (unpaired) electrons. The summed E-state index contributed by atoms with van der Waals surface area (Å²) in [4.78, 5) is 36.7. The molecule has 6 nitrogen and oxygen atoms in total. The highest BCUT2D eigenvalue weighted by Crippen LogP contribution is 2.25. The second-order valence-corrected chi connectivity index (χ2v) is 7.26. The molecule has 150 valence electrons. The third-order valence-electron chi connectivity index (χ3n) is 4.31. The molecule has 1 unspecified atom stereocenters. The molecule has 29 heavy (non-hydrogen) atoms. The van der Waals surface area contributed by atoms with Gasteiger partial charge in [0.1, 0.15) is 16.9 Å². The van der Waals surface area contributed by atoms with Gasteiger partial charge in [-0.15, -0.1) is 0 Å². The Kier molecular flexibility index (Phi) is 6.25. The molecule has 1 atom stereocenters. The van der Waals surface area contributed by atoms with E-state index in [0.717, 1.165) is 6.42 Å². The Morgan fingerprint density at radius 1 is 1.10 bits per heavy atom. The van der Waals surface area contributed by atoms with Crippen LogP contribution < -0.4 is 15.7 Å². The third-order valence-corrected chi connectivity index (χ3v) is 5.05. The van der Waals surface area contributed by atoms with Crippen molar-refractivity contribution in [3.63, 3.8) is 0 Å². The van der Waals surface area contributed by atoms with E-state index in [2.05, 4.69) is 5.32 Å². The van der Waals surface area contributed by atoms with Gasteiger partial charge in [0.05, 0.1) is 15.6 Å². The van der Waals surface area contributed by atoms with Gasteiger partial charge in [-0.05, 0) is 49.7 Å². The van der Waals surface area contributed by atoms with Gasteiger partial charge < -0.3 is 14.5 Å². The van der Waals surface area contributed by atoms with Crippen molar-refractivity contribution in [3.05, 3.63) is 74.1 Å². The van der Waals surface area contributed by atoms with Gasteiger partial charge in [0.25, 0.3) is 5.91 Å². The van der Waals surface area contributed by atoms with E-state index < -0.39 is 17.5 Å². The SMILES string of the molecule is CCC(C)NC(=O)c1cc2ccc(OC(=O)c3ccc(Cl)c(Cl)c3)cc2oc1=O. The van der Waals surface area contributed by atoms with Crippen LogP contribution in [0.3, 0.4) is 0 Å². The normalized spacial score (nSPS) is 11.9. The molecule has 0 aliphatic carbocycles. The molecule has 0 fully saturated rings. The minimum atomic E-state index is -0.772. The van der Waals surface area contributed by atoms with Crippen LogP contribution in [0.1, 0.15) is 41.0 Å². The maximum atomic E-state index is 12.3. The summed E-state index contributed by atoms with van der Waals surface area (Å²) in [7, 11) is 0. The molecule has 1 heterocycles. The standard InChI is InChI=1S/C21H17Cl2NO5/c1-3-11(2)24-19(25)15-8-12-4-6-14(10-18(12)29-21(15)27)28-20(26)13-5-7-16(22)17(23)9-13/h4-11H,3H2,1-2H3,(H,24,25). The lowest BCUT2D eigenvalue weighted by molar-refractivity contribution is 0.0734. The molecule has 0 aliphatic rings. The number of fused-ring (bicyclic) bond motifs is 1. The van der Waals surface area contributed by atoms with Gasteiger partial charge in [0, 0.05) is 17.5 Å². The second kappa shape index (κ2) is 8.68. The van der Waals surface area contributed by atoms with Crippen LogP contribution in [0.5, 0.6) is 5.75 Å².